The molecule has 0 saturated carbocycles. The summed E-state index contributed by atoms with van der Waals surface area (Å²) in [6.07, 6.45) is -2.50. The molecule has 4 N–H and O–H groups in total. The van der Waals surface area contributed by atoms with Gasteiger partial charge in [-0.05, 0) is 20.8 Å². The molecule has 13 heavy (non-hydrogen) atoms. The average molecular weight is 196 g/mol. The standard InChI is InChI=1S/C6H15NO3.HNO2/c1-4(8)7(5(2)9)6(3)10;2-1-3/h4-6,8-10H,1-3H3;(H,2,3). The third kappa shape index (κ3) is 7.60. The lowest BCUT2D eigenvalue weighted by Crippen LogP contribution is -2.45. The fraction of sp³-hybridized carbons (Fsp3) is 1.00. The summed E-state index contributed by atoms with van der Waals surface area (Å²) < 4.78 is 0. The minimum absolute atomic E-state index is 0.833. The van der Waals surface area contributed by atoms with Crippen LogP contribution in [0.1, 0.15) is 20.8 Å². The maximum absolute atomic E-state index is 8.96. The molecule has 0 aromatic heterocycles. The Morgan fingerprint density at radius 1 is 1.00 bits per heavy atom. The first-order valence-electron chi connectivity index (χ1n) is 3.66. The molecule has 7 heteroatoms. The Labute approximate surface area is 76.2 Å². The van der Waals surface area contributed by atoms with Gasteiger partial charge in [-0.2, -0.15) is 0 Å². The molecule has 0 saturated heterocycles. The van der Waals surface area contributed by atoms with E-state index in [1.807, 2.05) is 0 Å². The van der Waals surface area contributed by atoms with Crippen molar-refractivity contribution in [3.63, 3.8) is 0 Å². The van der Waals surface area contributed by atoms with E-state index in [9.17, 15) is 0 Å². The van der Waals surface area contributed by atoms with Crippen LogP contribution in [0.5, 0.6) is 0 Å². The first-order chi connectivity index (χ1) is 5.88. The zero-order chi connectivity index (χ0) is 11.0. The maximum atomic E-state index is 8.96. The summed E-state index contributed by atoms with van der Waals surface area (Å²) in [6, 6.07) is 0. The molecule has 0 amide bonds. The van der Waals surface area contributed by atoms with Gasteiger partial charge in [0.05, 0.1) is 0 Å². The van der Waals surface area contributed by atoms with Crippen LogP contribution in [0, 0.1) is 4.91 Å². The van der Waals surface area contributed by atoms with Crippen molar-refractivity contribution in [2.75, 3.05) is 0 Å². The van der Waals surface area contributed by atoms with E-state index in [0.717, 1.165) is 0 Å². The second-order valence-corrected chi connectivity index (χ2v) is 2.42. The number of rotatable bonds is 3. The fourth-order valence-electron chi connectivity index (χ4n) is 0.937. The Bertz CT molecular complexity index is 109. The van der Waals surface area contributed by atoms with E-state index in [1.54, 1.807) is 0 Å². The summed E-state index contributed by atoms with van der Waals surface area (Å²) in [5.74, 6) is 0. The molecule has 0 spiro atoms. The first-order valence-corrected chi connectivity index (χ1v) is 3.66. The first kappa shape index (κ1) is 14.7. The highest BCUT2D eigenvalue weighted by atomic mass is 16.6. The molecule has 3 atom stereocenters. The molecule has 0 aliphatic carbocycles. The van der Waals surface area contributed by atoms with Crippen LogP contribution < -0.4 is 0 Å². The van der Waals surface area contributed by atoms with Crippen molar-refractivity contribution in [3.05, 3.63) is 4.91 Å². The van der Waals surface area contributed by atoms with Gasteiger partial charge in [0, 0.05) is 0 Å². The van der Waals surface area contributed by atoms with Gasteiger partial charge in [-0.3, -0.25) is 0 Å². The monoisotopic (exact) mass is 196 g/mol. The topological polar surface area (TPSA) is 114 Å². The van der Waals surface area contributed by atoms with Gasteiger partial charge in [0.15, 0.2) is 5.34 Å². The minimum atomic E-state index is -0.833. The van der Waals surface area contributed by atoms with E-state index in [2.05, 4.69) is 0 Å². The van der Waals surface area contributed by atoms with E-state index in [0.29, 0.717) is 0 Å². The van der Waals surface area contributed by atoms with Gasteiger partial charge in [0.25, 0.3) is 0 Å². The van der Waals surface area contributed by atoms with Gasteiger partial charge >= 0.3 is 0 Å². The van der Waals surface area contributed by atoms with Gasteiger partial charge < -0.3 is 20.5 Å². The quantitative estimate of drug-likeness (QED) is 0.273. The number of aliphatic hydroxyl groups excluding tert-OH is 3. The summed E-state index contributed by atoms with van der Waals surface area (Å²) in [6.45, 7) is 4.46. The molecular formula is C6H16N2O5. The summed E-state index contributed by atoms with van der Waals surface area (Å²) >= 11 is 0. The molecule has 3 unspecified atom stereocenters. The Hall–Kier alpha value is -0.760. The van der Waals surface area contributed by atoms with Crippen LogP contribution in [0.3, 0.4) is 0 Å². The van der Waals surface area contributed by atoms with Crippen LogP contribution in [0.2, 0.25) is 0 Å². The van der Waals surface area contributed by atoms with Gasteiger partial charge in [-0.15, -0.1) is 4.91 Å². The van der Waals surface area contributed by atoms with Gasteiger partial charge in [-0.1, -0.05) is 0 Å². The molecule has 0 radical (unpaired) electrons. The van der Waals surface area contributed by atoms with Gasteiger partial charge in [-0.25, -0.2) is 4.90 Å². The normalized spacial score (nSPS) is 16.8. The smallest absolute Gasteiger partial charge is 0.152 e. The molecule has 7 nitrogen and oxygen atoms in total. The average Bonchev–Trinajstić information content (AvgIpc) is 1.84. The lowest BCUT2D eigenvalue weighted by molar-refractivity contribution is -0.159. The second kappa shape index (κ2) is 7.87. The van der Waals surface area contributed by atoms with Crippen molar-refractivity contribution in [2.24, 2.45) is 5.34 Å². The van der Waals surface area contributed by atoms with Gasteiger partial charge in [0.2, 0.25) is 0 Å². The van der Waals surface area contributed by atoms with E-state index in [1.165, 1.54) is 31.0 Å². The molecule has 0 rings (SSSR count). The van der Waals surface area contributed by atoms with Crippen molar-refractivity contribution in [2.45, 2.75) is 39.5 Å². The number of nitrogens with zero attached hydrogens (tertiary/aromatic N) is 2. The Kier molecular flexibility index (Phi) is 8.92. The zero-order valence-corrected chi connectivity index (χ0v) is 7.82. The molecular weight excluding hydrogens is 180 g/mol. The van der Waals surface area contributed by atoms with Crippen LogP contribution >= 0.6 is 0 Å². The fourth-order valence-corrected chi connectivity index (χ4v) is 0.937. The van der Waals surface area contributed by atoms with Crippen molar-refractivity contribution in [3.8, 4) is 0 Å². The SMILES string of the molecule is CC(O)N(C(C)O)C(C)O.O=NO. The van der Waals surface area contributed by atoms with Crippen LogP contribution in [-0.4, -0.2) is 44.1 Å². The van der Waals surface area contributed by atoms with Crippen molar-refractivity contribution < 1.29 is 20.5 Å². The maximum Gasteiger partial charge on any atom is 0.152 e. The molecule has 0 aliphatic rings. The molecule has 80 valence electrons. The van der Waals surface area contributed by atoms with Crippen molar-refractivity contribution >= 4 is 0 Å². The highest BCUT2D eigenvalue weighted by Gasteiger charge is 2.19. The largest absolute Gasteiger partial charge is 0.379 e. The van der Waals surface area contributed by atoms with E-state index in [4.69, 9.17) is 25.4 Å². The summed E-state index contributed by atoms with van der Waals surface area (Å²) in [5, 5.41) is 34.8. The third-order valence-corrected chi connectivity index (χ3v) is 1.29. The number of hydrogen-bond acceptors (Lipinski definition) is 6. The summed E-state index contributed by atoms with van der Waals surface area (Å²) in [7, 11) is 0. The highest BCUT2D eigenvalue weighted by Crippen LogP contribution is 2.04. The lowest BCUT2D eigenvalue weighted by atomic mass is 10.4. The van der Waals surface area contributed by atoms with Crippen molar-refractivity contribution in [1.82, 2.24) is 4.90 Å². The van der Waals surface area contributed by atoms with Gasteiger partial charge in [0.1, 0.15) is 18.7 Å². The lowest BCUT2D eigenvalue weighted by Gasteiger charge is -2.30. The van der Waals surface area contributed by atoms with Crippen LogP contribution in [0.25, 0.3) is 0 Å². The van der Waals surface area contributed by atoms with Crippen LogP contribution in [0.4, 0.5) is 0 Å². The third-order valence-electron chi connectivity index (χ3n) is 1.29. The minimum Gasteiger partial charge on any atom is -0.379 e. The molecule has 0 aliphatic heterocycles. The van der Waals surface area contributed by atoms with E-state index >= 15 is 0 Å². The van der Waals surface area contributed by atoms with Crippen LogP contribution in [-0.2, 0) is 0 Å². The second-order valence-electron chi connectivity index (χ2n) is 2.42. The molecule has 0 heterocycles. The molecule has 0 aromatic carbocycles. The summed E-state index contributed by atoms with van der Waals surface area (Å²) in [4.78, 5) is 9.28. The Morgan fingerprint density at radius 3 is 1.15 bits per heavy atom. The Balaban J connectivity index is 0. The van der Waals surface area contributed by atoms with E-state index in [-0.39, 0.29) is 0 Å². The van der Waals surface area contributed by atoms with Crippen LogP contribution in [0.15, 0.2) is 5.34 Å². The molecule has 0 fully saturated rings. The Morgan fingerprint density at radius 2 is 1.15 bits per heavy atom. The predicted molar refractivity (Wildman–Crippen MR) is 44.5 cm³/mol. The van der Waals surface area contributed by atoms with Crippen molar-refractivity contribution in [1.29, 1.82) is 0 Å². The summed E-state index contributed by atoms with van der Waals surface area (Å²) in [5.41, 5.74) is 0. The highest BCUT2D eigenvalue weighted by molar-refractivity contribution is 4.58. The molecule has 0 aromatic rings. The molecule has 0 bridgehead atoms. The number of hydrogen-bond donors (Lipinski definition) is 4. The zero-order valence-electron chi connectivity index (χ0n) is 7.82. The predicted octanol–water partition coefficient (Wildman–Crippen LogP) is -0.555. The van der Waals surface area contributed by atoms with E-state index < -0.39 is 18.7 Å². The number of aliphatic hydroxyl groups is 3.